The molecule has 0 heterocycles. The maximum absolute atomic E-state index is 12.7. The molecule has 0 bridgehead atoms. The van der Waals surface area contributed by atoms with E-state index in [1.165, 1.54) is 5.56 Å². The number of halogens is 1. The number of carbonyl (C=O) groups is 2. The Morgan fingerprint density at radius 2 is 1.52 bits per heavy atom. The number of hydrogen-bond donors (Lipinski definition) is 0. The molecule has 0 amide bonds. The first-order chi connectivity index (χ1) is 11.2. The summed E-state index contributed by atoms with van der Waals surface area (Å²) < 4.78 is 0.990. The summed E-state index contributed by atoms with van der Waals surface area (Å²) in [7, 11) is 0. The zero-order valence-corrected chi connectivity index (χ0v) is 14.0. The normalized spacial score (nSPS) is 16.4. The van der Waals surface area contributed by atoms with Gasteiger partial charge in [0, 0.05) is 21.0 Å². The molecule has 112 valence electrons. The minimum Gasteiger partial charge on any atom is -0.285 e. The molecule has 3 aromatic carbocycles. The van der Waals surface area contributed by atoms with Crippen molar-refractivity contribution in [3.63, 3.8) is 0 Å². The van der Waals surface area contributed by atoms with Crippen LogP contribution < -0.4 is 0 Å². The molecule has 2 aliphatic carbocycles. The van der Waals surface area contributed by atoms with Crippen LogP contribution in [0.3, 0.4) is 0 Å². The highest BCUT2D eigenvalue weighted by Crippen LogP contribution is 2.45. The van der Waals surface area contributed by atoms with Crippen LogP contribution in [0.1, 0.15) is 44.7 Å². The van der Waals surface area contributed by atoms with Gasteiger partial charge in [0.05, 0.1) is 0 Å². The van der Waals surface area contributed by atoms with Gasteiger partial charge in [0.2, 0.25) is 11.6 Å². The van der Waals surface area contributed by atoms with E-state index >= 15 is 0 Å². The van der Waals surface area contributed by atoms with Crippen LogP contribution in [0.4, 0.5) is 0 Å². The Bertz CT molecular complexity index is 1060. The van der Waals surface area contributed by atoms with Crippen LogP contribution in [0.15, 0.2) is 34.8 Å². The molecule has 0 aliphatic heterocycles. The third-order valence-corrected chi connectivity index (χ3v) is 6.08. The predicted octanol–water partition coefficient (Wildman–Crippen LogP) is 5.01. The number of carbonyl (C=O) groups excluding carboxylic acids is 2. The second-order valence-corrected chi connectivity index (χ2v) is 7.20. The van der Waals surface area contributed by atoms with Gasteiger partial charge in [-0.2, -0.15) is 0 Å². The lowest BCUT2D eigenvalue weighted by Gasteiger charge is -2.20. The zero-order valence-electron chi connectivity index (χ0n) is 12.4. The fourth-order valence-electron chi connectivity index (χ4n) is 4.22. The largest absolute Gasteiger partial charge is 0.285 e. The third-order valence-electron chi connectivity index (χ3n) is 5.23. The number of Topliss-reactive ketones (excluding diaryl/α,β-unsaturated/α-hetero) is 2. The van der Waals surface area contributed by atoms with Crippen LogP contribution in [0.2, 0.25) is 0 Å². The summed E-state index contributed by atoms with van der Waals surface area (Å²) in [5.74, 6) is -0.653. The van der Waals surface area contributed by atoms with Gasteiger partial charge in [-0.05, 0) is 75.0 Å². The topological polar surface area (TPSA) is 34.1 Å². The Morgan fingerprint density at radius 1 is 0.826 bits per heavy atom. The molecule has 0 unspecified atom stereocenters. The van der Waals surface area contributed by atoms with E-state index in [9.17, 15) is 9.59 Å². The van der Waals surface area contributed by atoms with Crippen molar-refractivity contribution >= 4 is 49.0 Å². The molecule has 0 radical (unpaired) electrons. The molecule has 0 saturated carbocycles. The Kier molecular flexibility index (Phi) is 2.64. The molecule has 5 rings (SSSR count). The van der Waals surface area contributed by atoms with E-state index in [1.54, 1.807) is 0 Å². The first-order valence-electron chi connectivity index (χ1n) is 7.96. The Labute approximate surface area is 141 Å². The molecule has 0 atom stereocenters. The molecule has 0 aromatic heterocycles. The first-order valence-corrected chi connectivity index (χ1v) is 8.75. The van der Waals surface area contributed by atoms with Crippen LogP contribution in [0.5, 0.6) is 0 Å². The SMILES string of the molecule is O=C1C(=O)c2c3ccccc3c(Br)c3cc4c(c1c23)CCCC4. The van der Waals surface area contributed by atoms with Crippen molar-refractivity contribution in [1.82, 2.24) is 0 Å². The molecule has 3 heteroatoms. The average molecular weight is 365 g/mol. The molecule has 3 aromatic rings. The highest BCUT2D eigenvalue weighted by molar-refractivity contribution is 9.10. The van der Waals surface area contributed by atoms with Gasteiger partial charge in [-0.25, -0.2) is 0 Å². The van der Waals surface area contributed by atoms with Gasteiger partial charge >= 0.3 is 0 Å². The van der Waals surface area contributed by atoms with E-state index in [0.29, 0.717) is 11.1 Å². The lowest BCUT2D eigenvalue weighted by molar-refractivity contribution is 0.0825. The first kappa shape index (κ1) is 13.4. The standard InChI is InChI=1S/C20H13BrO2/c21-18-13-8-4-3-7-12(13)17-15-14(18)9-10-5-1-2-6-11(10)16(15)19(22)20(17)23/h3-4,7-9H,1-2,5-6H2. The van der Waals surface area contributed by atoms with Gasteiger partial charge in [0.25, 0.3) is 0 Å². The fraction of sp³-hybridized carbons (Fsp3) is 0.200. The van der Waals surface area contributed by atoms with Crippen molar-refractivity contribution < 1.29 is 9.59 Å². The predicted molar refractivity (Wildman–Crippen MR) is 94.5 cm³/mol. The van der Waals surface area contributed by atoms with E-state index in [4.69, 9.17) is 0 Å². The van der Waals surface area contributed by atoms with E-state index in [-0.39, 0.29) is 11.6 Å². The van der Waals surface area contributed by atoms with Crippen molar-refractivity contribution in [1.29, 1.82) is 0 Å². The Hall–Kier alpha value is -2.00. The molecule has 0 saturated heterocycles. The van der Waals surface area contributed by atoms with Crippen LogP contribution in [0.25, 0.3) is 21.5 Å². The summed E-state index contributed by atoms with van der Waals surface area (Å²) in [4.78, 5) is 25.5. The van der Waals surface area contributed by atoms with Gasteiger partial charge in [0.15, 0.2) is 0 Å². The Balaban J connectivity index is 2.10. The molecule has 23 heavy (non-hydrogen) atoms. The van der Waals surface area contributed by atoms with Gasteiger partial charge in [-0.1, -0.05) is 24.3 Å². The summed E-state index contributed by atoms with van der Waals surface area (Å²) in [5.41, 5.74) is 3.64. The van der Waals surface area contributed by atoms with Crippen molar-refractivity contribution in [2.75, 3.05) is 0 Å². The van der Waals surface area contributed by atoms with Crippen LogP contribution in [0, 0.1) is 0 Å². The van der Waals surface area contributed by atoms with E-state index in [0.717, 1.165) is 57.3 Å². The number of fused-ring (bicyclic) bond motifs is 4. The molecule has 0 fully saturated rings. The second kappa shape index (κ2) is 4.51. The van der Waals surface area contributed by atoms with Crippen LogP contribution in [-0.2, 0) is 12.8 Å². The fourth-order valence-corrected chi connectivity index (χ4v) is 4.88. The molecule has 2 nitrogen and oxygen atoms in total. The van der Waals surface area contributed by atoms with Crippen molar-refractivity contribution in [2.45, 2.75) is 25.7 Å². The van der Waals surface area contributed by atoms with Gasteiger partial charge in [-0.15, -0.1) is 0 Å². The van der Waals surface area contributed by atoms with Crippen LogP contribution >= 0.6 is 15.9 Å². The summed E-state index contributed by atoms with van der Waals surface area (Å²) in [6.07, 6.45) is 4.15. The highest BCUT2D eigenvalue weighted by Gasteiger charge is 2.37. The number of aryl methyl sites for hydroxylation is 1. The van der Waals surface area contributed by atoms with Crippen LogP contribution in [-0.4, -0.2) is 11.6 Å². The molecular formula is C20H13BrO2. The Morgan fingerprint density at radius 3 is 2.35 bits per heavy atom. The van der Waals surface area contributed by atoms with E-state index in [2.05, 4.69) is 22.0 Å². The molecule has 0 N–H and O–H groups in total. The average Bonchev–Trinajstić information content (AvgIpc) is 2.85. The molecular weight excluding hydrogens is 352 g/mol. The zero-order chi connectivity index (χ0) is 15.7. The van der Waals surface area contributed by atoms with Crippen molar-refractivity contribution in [2.24, 2.45) is 0 Å². The van der Waals surface area contributed by atoms with E-state index in [1.807, 2.05) is 24.3 Å². The van der Waals surface area contributed by atoms with Crippen molar-refractivity contribution in [3.05, 3.63) is 57.1 Å². The van der Waals surface area contributed by atoms with E-state index < -0.39 is 0 Å². The number of rotatable bonds is 0. The quantitative estimate of drug-likeness (QED) is 0.414. The van der Waals surface area contributed by atoms with Gasteiger partial charge < -0.3 is 0 Å². The monoisotopic (exact) mass is 364 g/mol. The maximum atomic E-state index is 12.7. The number of ketones is 2. The molecule has 2 aliphatic rings. The number of hydrogen-bond acceptors (Lipinski definition) is 2. The summed E-state index contributed by atoms with van der Waals surface area (Å²) in [6.45, 7) is 0. The summed E-state index contributed by atoms with van der Waals surface area (Å²) >= 11 is 3.72. The minimum atomic E-state index is -0.340. The minimum absolute atomic E-state index is 0.313. The van der Waals surface area contributed by atoms with Gasteiger partial charge in [-0.3, -0.25) is 9.59 Å². The lowest BCUT2D eigenvalue weighted by Crippen LogP contribution is -2.12. The maximum Gasteiger partial charge on any atom is 0.234 e. The number of benzene rings is 3. The smallest absolute Gasteiger partial charge is 0.234 e. The highest BCUT2D eigenvalue weighted by atomic mass is 79.9. The summed E-state index contributed by atoms with van der Waals surface area (Å²) in [5, 5.41) is 3.75. The van der Waals surface area contributed by atoms with Gasteiger partial charge in [0.1, 0.15) is 0 Å². The third kappa shape index (κ3) is 1.58. The summed E-state index contributed by atoms with van der Waals surface area (Å²) in [6, 6.07) is 10.0. The lowest BCUT2D eigenvalue weighted by atomic mass is 9.85. The second-order valence-electron chi connectivity index (χ2n) is 6.41. The molecule has 0 spiro atoms. The van der Waals surface area contributed by atoms with Crippen molar-refractivity contribution in [3.8, 4) is 0 Å².